The van der Waals surface area contributed by atoms with E-state index >= 15 is 0 Å². The molecule has 5 nitrogen and oxygen atoms in total. The van der Waals surface area contributed by atoms with Gasteiger partial charge in [0.05, 0.1) is 11.3 Å². The number of aryl methyl sites for hydroxylation is 2. The first-order valence-electron chi connectivity index (χ1n) is 6.47. The molecule has 2 rings (SSSR count). The Morgan fingerprint density at radius 2 is 2.00 bits per heavy atom. The number of carboxylic acid groups (broad SMARTS) is 1. The summed E-state index contributed by atoms with van der Waals surface area (Å²) in [5, 5.41) is 16.2. The van der Waals surface area contributed by atoms with Gasteiger partial charge in [-0.15, -0.1) is 0 Å². The van der Waals surface area contributed by atoms with E-state index in [2.05, 4.69) is 17.4 Å². The number of benzene rings is 1. The summed E-state index contributed by atoms with van der Waals surface area (Å²) < 4.78 is 5.16. The standard InChI is InChI=1S/C15H18N2O3/c1-9(14-10(2)17-20-11(14)3)16-8-12-4-6-13(7-5-12)15(18)19/h4-7,9,16H,8H2,1-3H3,(H,18,19). The molecule has 1 unspecified atom stereocenters. The molecule has 1 aromatic carbocycles. The first kappa shape index (κ1) is 14.3. The van der Waals surface area contributed by atoms with E-state index in [9.17, 15) is 4.79 Å². The zero-order valence-electron chi connectivity index (χ0n) is 11.8. The van der Waals surface area contributed by atoms with Gasteiger partial charge in [-0.2, -0.15) is 0 Å². The average Bonchev–Trinajstić information content (AvgIpc) is 2.76. The van der Waals surface area contributed by atoms with Crippen molar-refractivity contribution in [3.63, 3.8) is 0 Å². The summed E-state index contributed by atoms with van der Waals surface area (Å²) >= 11 is 0. The number of hydrogen-bond acceptors (Lipinski definition) is 4. The van der Waals surface area contributed by atoms with Gasteiger partial charge < -0.3 is 14.9 Å². The van der Waals surface area contributed by atoms with Crippen LogP contribution < -0.4 is 5.32 Å². The van der Waals surface area contributed by atoms with Crippen LogP contribution in [0.1, 0.15) is 45.9 Å². The third-order valence-electron chi connectivity index (χ3n) is 3.33. The number of carboxylic acids is 1. The van der Waals surface area contributed by atoms with Gasteiger partial charge in [-0.1, -0.05) is 17.3 Å². The van der Waals surface area contributed by atoms with Crippen LogP contribution in [0.15, 0.2) is 28.8 Å². The molecule has 2 N–H and O–H groups in total. The lowest BCUT2D eigenvalue weighted by Gasteiger charge is -2.13. The molecular formula is C15H18N2O3. The van der Waals surface area contributed by atoms with Gasteiger partial charge in [0, 0.05) is 18.2 Å². The van der Waals surface area contributed by atoms with E-state index in [4.69, 9.17) is 9.63 Å². The molecule has 1 heterocycles. The number of nitrogens with one attached hydrogen (secondary N) is 1. The molecule has 0 bridgehead atoms. The van der Waals surface area contributed by atoms with Gasteiger partial charge in [0.1, 0.15) is 5.76 Å². The highest BCUT2D eigenvalue weighted by atomic mass is 16.5. The van der Waals surface area contributed by atoms with E-state index in [1.54, 1.807) is 12.1 Å². The molecule has 20 heavy (non-hydrogen) atoms. The first-order chi connectivity index (χ1) is 9.49. The SMILES string of the molecule is Cc1noc(C)c1C(C)NCc1ccc(C(=O)O)cc1. The van der Waals surface area contributed by atoms with Crippen molar-refractivity contribution in [1.82, 2.24) is 10.5 Å². The van der Waals surface area contributed by atoms with E-state index in [-0.39, 0.29) is 6.04 Å². The Kier molecular flexibility index (Phi) is 4.20. The van der Waals surface area contributed by atoms with Crippen molar-refractivity contribution in [1.29, 1.82) is 0 Å². The summed E-state index contributed by atoms with van der Waals surface area (Å²) in [6.07, 6.45) is 0. The van der Waals surface area contributed by atoms with E-state index in [1.807, 2.05) is 26.0 Å². The number of aromatic carboxylic acids is 1. The van der Waals surface area contributed by atoms with Gasteiger partial charge in [0.15, 0.2) is 0 Å². The minimum atomic E-state index is -0.909. The monoisotopic (exact) mass is 274 g/mol. The Bertz CT molecular complexity index is 583. The van der Waals surface area contributed by atoms with Crippen molar-refractivity contribution in [3.8, 4) is 0 Å². The van der Waals surface area contributed by atoms with E-state index in [1.165, 1.54) is 0 Å². The molecule has 0 saturated carbocycles. The third kappa shape index (κ3) is 3.05. The predicted molar refractivity (Wildman–Crippen MR) is 74.6 cm³/mol. The van der Waals surface area contributed by atoms with Gasteiger partial charge in [-0.3, -0.25) is 0 Å². The Morgan fingerprint density at radius 3 is 2.50 bits per heavy atom. The largest absolute Gasteiger partial charge is 0.478 e. The van der Waals surface area contributed by atoms with E-state index in [0.717, 1.165) is 22.6 Å². The fourth-order valence-corrected chi connectivity index (χ4v) is 2.25. The minimum absolute atomic E-state index is 0.125. The number of rotatable bonds is 5. The normalized spacial score (nSPS) is 12.3. The summed E-state index contributed by atoms with van der Waals surface area (Å²) in [5.41, 5.74) is 3.30. The second kappa shape index (κ2) is 5.88. The minimum Gasteiger partial charge on any atom is -0.478 e. The summed E-state index contributed by atoms with van der Waals surface area (Å²) in [4.78, 5) is 10.8. The van der Waals surface area contributed by atoms with Gasteiger partial charge in [-0.05, 0) is 38.5 Å². The fraction of sp³-hybridized carbons (Fsp3) is 0.333. The lowest BCUT2D eigenvalue weighted by atomic mass is 10.1. The highest BCUT2D eigenvalue weighted by Crippen LogP contribution is 2.21. The van der Waals surface area contributed by atoms with Crippen LogP contribution in [0.3, 0.4) is 0 Å². The molecule has 0 spiro atoms. The van der Waals surface area contributed by atoms with Crippen molar-refractivity contribution in [3.05, 3.63) is 52.4 Å². The predicted octanol–water partition coefficient (Wildman–Crippen LogP) is 2.84. The molecule has 0 aliphatic heterocycles. The molecule has 0 saturated heterocycles. The van der Waals surface area contributed by atoms with Crippen LogP contribution in [0, 0.1) is 13.8 Å². The van der Waals surface area contributed by atoms with Crippen LogP contribution in [0.5, 0.6) is 0 Å². The summed E-state index contributed by atoms with van der Waals surface area (Å²) in [6.45, 7) is 6.53. The third-order valence-corrected chi connectivity index (χ3v) is 3.33. The number of nitrogens with zero attached hydrogens (tertiary/aromatic N) is 1. The van der Waals surface area contributed by atoms with E-state index in [0.29, 0.717) is 12.1 Å². The maximum absolute atomic E-state index is 10.8. The van der Waals surface area contributed by atoms with Gasteiger partial charge >= 0.3 is 5.97 Å². The topological polar surface area (TPSA) is 75.4 Å². The van der Waals surface area contributed by atoms with Crippen LogP contribution in [-0.4, -0.2) is 16.2 Å². The Morgan fingerprint density at radius 1 is 1.35 bits per heavy atom. The fourth-order valence-electron chi connectivity index (χ4n) is 2.25. The van der Waals surface area contributed by atoms with Crippen molar-refractivity contribution in [2.45, 2.75) is 33.4 Å². The highest BCUT2D eigenvalue weighted by Gasteiger charge is 2.15. The van der Waals surface area contributed by atoms with Crippen molar-refractivity contribution in [2.75, 3.05) is 0 Å². The van der Waals surface area contributed by atoms with Crippen molar-refractivity contribution >= 4 is 5.97 Å². The molecule has 2 aromatic rings. The molecule has 0 amide bonds. The van der Waals surface area contributed by atoms with Crippen LogP contribution in [-0.2, 0) is 6.54 Å². The summed E-state index contributed by atoms with van der Waals surface area (Å²) in [6, 6.07) is 6.98. The van der Waals surface area contributed by atoms with Crippen LogP contribution in [0.25, 0.3) is 0 Å². The molecule has 1 atom stereocenters. The molecule has 1 aromatic heterocycles. The summed E-state index contributed by atoms with van der Waals surface area (Å²) in [5.74, 6) is -0.0858. The van der Waals surface area contributed by atoms with Crippen molar-refractivity contribution < 1.29 is 14.4 Å². The smallest absolute Gasteiger partial charge is 0.335 e. The van der Waals surface area contributed by atoms with Gasteiger partial charge in [-0.25, -0.2) is 4.79 Å². The highest BCUT2D eigenvalue weighted by molar-refractivity contribution is 5.87. The average molecular weight is 274 g/mol. The second-order valence-electron chi connectivity index (χ2n) is 4.84. The summed E-state index contributed by atoms with van der Waals surface area (Å²) in [7, 11) is 0. The Hall–Kier alpha value is -2.14. The number of hydrogen-bond donors (Lipinski definition) is 2. The lowest BCUT2D eigenvalue weighted by Crippen LogP contribution is -2.19. The molecule has 0 aliphatic rings. The maximum atomic E-state index is 10.8. The van der Waals surface area contributed by atoms with Crippen LogP contribution in [0.2, 0.25) is 0 Å². The first-order valence-corrected chi connectivity index (χ1v) is 6.47. The van der Waals surface area contributed by atoms with Crippen LogP contribution in [0.4, 0.5) is 0 Å². The molecule has 0 fully saturated rings. The second-order valence-corrected chi connectivity index (χ2v) is 4.84. The lowest BCUT2D eigenvalue weighted by molar-refractivity contribution is 0.0697. The molecule has 5 heteroatoms. The quantitative estimate of drug-likeness (QED) is 0.876. The zero-order valence-corrected chi connectivity index (χ0v) is 11.8. The Balaban J connectivity index is 2.00. The number of aromatic nitrogens is 1. The van der Waals surface area contributed by atoms with Crippen LogP contribution >= 0.6 is 0 Å². The van der Waals surface area contributed by atoms with Gasteiger partial charge in [0.25, 0.3) is 0 Å². The van der Waals surface area contributed by atoms with Crippen molar-refractivity contribution in [2.24, 2.45) is 0 Å². The molecule has 0 radical (unpaired) electrons. The van der Waals surface area contributed by atoms with E-state index < -0.39 is 5.97 Å². The molecule has 0 aliphatic carbocycles. The zero-order chi connectivity index (χ0) is 14.7. The number of carbonyl (C=O) groups is 1. The maximum Gasteiger partial charge on any atom is 0.335 e. The molecular weight excluding hydrogens is 256 g/mol. The Labute approximate surface area is 117 Å². The molecule has 106 valence electrons. The van der Waals surface area contributed by atoms with Gasteiger partial charge in [0.2, 0.25) is 0 Å².